The van der Waals surface area contributed by atoms with Gasteiger partial charge in [-0.3, -0.25) is 4.79 Å². The average molecular weight is 369 g/mol. The first-order valence-electron chi connectivity index (χ1n) is 8.54. The Balaban J connectivity index is 2.14. The smallest absolute Gasteiger partial charge is 0.240 e. The molecule has 1 saturated carbocycles. The van der Waals surface area contributed by atoms with Crippen molar-refractivity contribution >= 4 is 21.6 Å². The van der Waals surface area contributed by atoms with Crippen molar-refractivity contribution in [3.05, 3.63) is 24.3 Å². The lowest BCUT2D eigenvalue weighted by molar-refractivity contribution is -0.126. The van der Waals surface area contributed by atoms with Gasteiger partial charge in [0.1, 0.15) is 0 Å². The van der Waals surface area contributed by atoms with E-state index in [-0.39, 0.29) is 23.9 Å². The van der Waals surface area contributed by atoms with E-state index in [9.17, 15) is 13.2 Å². The standard InChI is InChI=1S/C17H27N3O4S/c1-24-12-9-17(7-2-3-8-17)16(21)20-14-5-4-6-15(13-14)25(22,23)19-11-10-18/h4-6,13,19H,2-3,7-12,18H2,1H3,(H,20,21). The Morgan fingerprint density at radius 3 is 2.68 bits per heavy atom. The quantitative estimate of drug-likeness (QED) is 0.610. The monoisotopic (exact) mass is 369 g/mol. The number of ether oxygens (including phenoxy) is 1. The van der Waals surface area contributed by atoms with E-state index in [4.69, 9.17) is 10.5 Å². The molecule has 25 heavy (non-hydrogen) atoms. The lowest BCUT2D eigenvalue weighted by Crippen LogP contribution is -2.35. The van der Waals surface area contributed by atoms with E-state index >= 15 is 0 Å². The minimum absolute atomic E-state index is 0.0634. The van der Waals surface area contributed by atoms with E-state index in [1.807, 2.05) is 0 Å². The molecule has 1 aliphatic carbocycles. The van der Waals surface area contributed by atoms with Gasteiger partial charge >= 0.3 is 0 Å². The molecule has 8 heteroatoms. The number of rotatable bonds is 9. The SMILES string of the molecule is COCCC1(C(=O)Nc2cccc(S(=O)(=O)NCCN)c2)CCCC1. The van der Waals surface area contributed by atoms with Crippen LogP contribution in [-0.4, -0.2) is 41.1 Å². The van der Waals surface area contributed by atoms with Crippen molar-refractivity contribution in [2.24, 2.45) is 11.1 Å². The lowest BCUT2D eigenvalue weighted by atomic mass is 9.82. The molecule has 0 bridgehead atoms. The van der Waals surface area contributed by atoms with Crippen LogP contribution in [0.2, 0.25) is 0 Å². The van der Waals surface area contributed by atoms with Gasteiger partial charge in [0.2, 0.25) is 15.9 Å². The number of benzene rings is 1. The number of nitrogens with two attached hydrogens (primary N) is 1. The minimum Gasteiger partial charge on any atom is -0.385 e. The Hall–Kier alpha value is -1.48. The second-order valence-corrected chi connectivity index (χ2v) is 8.17. The van der Waals surface area contributed by atoms with Crippen LogP contribution in [0.25, 0.3) is 0 Å². The molecule has 2 rings (SSSR count). The fraction of sp³-hybridized carbons (Fsp3) is 0.588. The second kappa shape index (κ2) is 8.75. The predicted molar refractivity (Wildman–Crippen MR) is 96.7 cm³/mol. The van der Waals surface area contributed by atoms with Crippen LogP contribution in [0.15, 0.2) is 29.2 Å². The van der Waals surface area contributed by atoms with Gasteiger partial charge in [-0.1, -0.05) is 18.9 Å². The van der Waals surface area contributed by atoms with E-state index in [1.165, 1.54) is 12.1 Å². The van der Waals surface area contributed by atoms with Crippen LogP contribution in [0.4, 0.5) is 5.69 Å². The third-order valence-electron chi connectivity index (χ3n) is 4.67. The van der Waals surface area contributed by atoms with E-state index in [0.717, 1.165) is 25.7 Å². The highest BCUT2D eigenvalue weighted by molar-refractivity contribution is 7.89. The second-order valence-electron chi connectivity index (χ2n) is 6.40. The highest BCUT2D eigenvalue weighted by Crippen LogP contribution is 2.42. The van der Waals surface area contributed by atoms with Crippen LogP contribution < -0.4 is 15.8 Å². The van der Waals surface area contributed by atoms with Crippen molar-refractivity contribution in [2.45, 2.75) is 37.0 Å². The van der Waals surface area contributed by atoms with Crippen molar-refractivity contribution in [1.29, 1.82) is 0 Å². The van der Waals surface area contributed by atoms with Gasteiger partial charge in [-0.05, 0) is 37.5 Å². The van der Waals surface area contributed by atoms with E-state index < -0.39 is 15.4 Å². The molecule has 0 aliphatic heterocycles. The van der Waals surface area contributed by atoms with Crippen LogP contribution >= 0.6 is 0 Å². The third-order valence-corrected chi connectivity index (χ3v) is 6.12. The Morgan fingerprint density at radius 2 is 2.04 bits per heavy atom. The van der Waals surface area contributed by atoms with Crippen LogP contribution in [0.3, 0.4) is 0 Å². The molecule has 0 heterocycles. The van der Waals surface area contributed by atoms with Gasteiger partial charge < -0.3 is 15.8 Å². The molecule has 7 nitrogen and oxygen atoms in total. The molecule has 0 aromatic heterocycles. The summed E-state index contributed by atoms with van der Waals surface area (Å²) in [5.41, 5.74) is 5.39. The number of amides is 1. The summed E-state index contributed by atoms with van der Waals surface area (Å²) in [5, 5.41) is 2.89. The molecule has 0 radical (unpaired) electrons. The molecular formula is C17H27N3O4S. The summed E-state index contributed by atoms with van der Waals surface area (Å²) in [5.74, 6) is -0.0634. The lowest BCUT2D eigenvalue weighted by Gasteiger charge is -2.27. The summed E-state index contributed by atoms with van der Waals surface area (Å²) in [6, 6.07) is 6.27. The molecule has 0 saturated heterocycles. The molecular weight excluding hydrogens is 342 g/mol. The largest absolute Gasteiger partial charge is 0.385 e. The van der Waals surface area contributed by atoms with Gasteiger partial charge in [-0.2, -0.15) is 0 Å². The van der Waals surface area contributed by atoms with Gasteiger partial charge in [-0.25, -0.2) is 13.1 Å². The van der Waals surface area contributed by atoms with Crippen molar-refractivity contribution in [3.8, 4) is 0 Å². The number of nitrogens with one attached hydrogen (secondary N) is 2. The Labute approximate surface area is 149 Å². The summed E-state index contributed by atoms with van der Waals surface area (Å²) >= 11 is 0. The fourth-order valence-electron chi connectivity index (χ4n) is 3.22. The fourth-order valence-corrected chi connectivity index (χ4v) is 4.31. The van der Waals surface area contributed by atoms with Crippen molar-refractivity contribution < 1.29 is 17.9 Å². The maximum Gasteiger partial charge on any atom is 0.240 e. The number of anilines is 1. The zero-order valence-electron chi connectivity index (χ0n) is 14.6. The Morgan fingerprint density at radius 1 is 1.32 bits per heavy atom. The molecule has 1 aromatic carbocycles. The number of hydrogen-bond acceptors (Lipinski definition) is 5. The van der Waals surface area contributed by atoms with E-state index in [0.29, 0.717) is 18.7 Å². The molecule has 4 N–H and O–H groups in total. The maximum absolute atomic E-state index is 12.8. The minimum atomic E-state index is -3.63. The number of hydrogen-bond donors (Lipinski definition) is 3. The first-order chi connectivity index (χ1) is 11.9. The number of methoxy groups -OCH3 is 1. The van der Waals surface area contributed by atoms with E-state index in [2.05, 4.69) is 10.0 Å². The first kappa shape index (κ1) is 19.8. The number of carbonyl (C=O) groups is 1. The molecule has 1 aliphatic rings. The van der Waals surface area contributed by atoms with Crippen molar-refractivity contribution in [2.75, 3.05) is 32.1 Å². The molecule has 1 amide bonds. The van der Waals surface area contributed by atoms with Gasteiger partial charge in [0, 0.05) is 32.5 Å². The van der Waals surface area contributed by atoms with Crippen LogP contribution in [0.5, 0.6) is 0 Å². The van der Waals surface area contributed by atoms with Gasteiger partial charge in [0.25, 0.3) is 0 Å². The van der Waals surface area contributed by atoms with Crippen LogP contribution in [0, 0.1) is 5.41 Å². The Kier molecular flexibility index (Phi) is 6.95. The summed E-state index contributed by atoms with van der Waals surface area (Å²) in [6.45, 7) is 0.918. The molecule has 1 fully saturated rings. The third kappa shape index (κ3) is 5.01. The molecule has 0 atom stereocenters. The first-order valence-corrected chi connectivity index (χ1v) is 10.0. The molecule has 1 aromatic rings. The molecule has 140 valence electrons. The highest BCUT2D eigenvalue weighted by Gasteiger charge is 2.40. The van der Waals surface area contributed by atoms with Crippen LogP contribution in [-0.2, 0) is 19.6 Å². The number of carbonyl (C=O) groups excluding carboxylic acids is 1. The zero-order chi connectivity index (χ0) is 18.3. The maximum atomic E-state index is 12.8. The van der Waals surface area contributed by atoms with Crippen LogP contribution in [0.1, 0.15) is 32.1 Å². The molecule has 0 unspecified atom stereocenters. The Bertz CT molecular complexity index is 685. The van der Waals surface area contributed by atoms with Crippen molar-refractivity contribution in [3.63, 3.8) is 0 Å². The average Bonchev–Trinajstić information content (AvgIpc) is 3.09. The van der Waals surface area contributed by atoms with Gasteiger partial charge in [-0.15, -0.1) is 0 Å². The zero-order valence-corrected chi connectivity index (χ0v) is 15.4. The molecule has 0 spiro atoms. The summed E-state index contributed by atoms with van der Waals surface area (Å²) in [4.78, 5) is 12.9. The van der Waals surface area contributed by atoms with Crippen molar-refractivity contribution in [1.82, 2.24) is 4.72 Å². The number of sulfonamides is 1. The van der Waals surface area contributed by atoms with Gasteiger partial charge in [0.15, 0.2) is 0 Å². The topological polar surface area (TPSA) is 111 Å². The normalized spacial score (nSPS) is 16.7. The predicted octanol–water partition coefficient (Wildman–Crippen LogP) is 1.46. The summed E-state index contributed by atoms with van der Waals surface area (Å²) in [7, 11) is -2.00. The summed E-state index contributed by atoms with van der Waals surface area (Å²) in [6.07, 6.45) is 4.38. The summed E-state index contributed by atoms with van der Waals surface area (Å²) < 4.78 is 32.0. The highest BCUT2D eigenvalue weighted by atomic mass is 32.2. The van der Waals surface area contributed by atoms with E-state index in [1.54, 1.807) is 19.2 Å². The van der Waals surface area contributed by atoms with Gasteiger partial charge in [0.05, 0.1) is 10.3 Å².